The molecule has 1 aliphatic heterocycles. The van der Waals surface area contributed by atoms with Crippen LogP contribution < -0.4 is 4.90 Å². The number of hydrogen-bond donors (Lipinski definition) is 0. The van der Waals surface area contributed by atoms with Crippen molar-refractivity contribution in [3.8, 4) is 0 Å². The van der Waals surface area contributed by atoms with Gasteiger partial charge in [0.25, 0.3) is 0 Å². The lowest BCUT2D eigenvalue weighted by atomic mass is 10.1. The summed E-state index contributed by atoms with van der Waals surface area (Å²) < 4.78 is 87.3. The van der Waals surface area contributed by atoms with Crippen molar-refractivity contribution in [2.75, 3.05) is 31.1 Å². The van der Waals surface area contributed by atoms with Crippen molar-refractivity contribution in [2.45, 2.75) is 42.3 Å². The fourth-order valence-electron chi connectivity index (χ4n) is 3.51. The average Bonchev–Trinajstić information content (AvgIpc) is 2.71. The van der Waals surface area contributed by atoms with Crippen LogP contribution in [0.25, 0.3) is 0 Å². The van der Waals surface area contributed by atoms with E-state index in [1.54, 1.807) is 20.8 Å². The zero-order chi connectivity index (χ0) is 24.6. The Morgan fingerprint density at radius 3 is 2.12 bits per heavy atom. The molecule has 1 aliphatic rings. The van der Waals surface area contributed by atoms with Crippen molar-refractivity contribution in [1.29, 1.82) is 0 Å². The van der Waals surface area contributed by atoms with Gasteiger partial charge in [-0.05, 0) is 51.1 Å². The van der Waals surface area contributed by atoms with E-state index in [-0.39, 0.29) is 31.9 Å². The summed E-state index contributed by atoms with van der Waals surface area (Å²) in [4.78, 5) is 13.5. The zero-order valence-corrected chi connectivity index (χ0v) is 19.1. The van der Waals surface area contributed by atoms with Crippen molar-refractivity contribution in [1.82, 2.24) is 4.90 Å². The molecule has 0 aliphatic carbocycles. The lowest BCUT2D eigenvalue weighted by Gasteiger charge is -2.37. The summed E-state index contributed by atoms with van der Waals surface area (Å²) in [6.45, 7) is 5.43. The maximum atomic E-state index is 14.1. The Kier molecular flexibility index (Phi) is 6.65. The number of sulfone groups is 1. The molecule has 0 aromatic heterocycles. The van der Waals surface area contributed by atoms with Gasteiger partial charge in [-0.3, -0.25) is 0 Å². The monoisotopic (exact) mass is 488 g/mol. The molecule has 1 heterocycles. The summed E-state index contributed by atoms with van der Waals surface area (Å²) in [5, 5.41) is 0. The highest BCUT2D eigenvalue weighted by atomic mass is 32.2. The fourth-order valence-corrected chi connectivity index (χ4v) is 5.04. The van der Waals surface area contributed by atoms with E-state index in [9.17, 15) is 30.8 Å². The summed E-state index contributed by atoms with van der Waals surface area (Å²) in [6, 6.07) is 7.13. The maximum Gasteiger partial charge on any atom is 0.419 e. The molecule has 11 heteroatoms. The molecule has 33 heavy (non-hydrogen) atoms. The SMILES string of the molecule is CC(C)(C)OC(=O)N1CCN(c2cccc(S(=O)(=O)c3cccc(F)c3)c2C(F)(F)F)CC1. The number of carbonyl (C=O) groups is 1. The van der Waals surface area contributed by atoms with Crippen molar-refractivity contribution in [2.24, 2.45) is 0 Å². The van der Waals surface area contributed by atoms with Gasteiger partial charge >= 0.3 is 12.3 Å². The molecule has 6 nitrogen and oxygen atoms in total. The number of nitrogens with zero attached hydrogens (tertiary/aromatic N) is 2. The normalized spacial score (nSPS) is 15.5. The number of carbonyl (C=O) groups excluding carboxylic acids is 1. The first kappa shape index (κ1) is 24.8. The number of ether oxygens (including phenoxy) is 1. The first-order valence-electron chi connectivity index (χ1n) is 10.1. The molecule has 180 valence electrons. The Bertz CT molecular complexity index is 1140. The lowest BCUT2D eigenvalue weighted by Crippen LogP contribution is -2.50. The molecule has 0 saturated carbocycles. The minimum Gasteiger partial charge on any atom is -0.444 e. The number of hydrogen-bond acceptors (Lipinski definition) is 5. The quantitative estimate of drug-likeness (QED) is 0.585. The average molecular weight is 489 g/mol. The molecule has 1 fully saturated rings. The van der Waals surface area contributed by atoms with Crippen LogP contribution in [0.2, 0.25) is 0 Å². The number of alkyl halides is 3. The number of amides is 1. The summed E-state index contributed by atoms with van der Waals surface area (Å²) in [5.41, 5.74) is -2.35. The van der Waals surface area contributed by atoms with Gasteiger partial charge in [-0.1, -0.05) is 12.1 Å². The van der Waals surface area contributed by atoms with Gasteiger partial charge in [-0.15, -0.1) is 0 Å². The molecule has 0 unspecified atom stereocenters. The zero-order valence-electron chi connectivity index (χ0n) is 18.3. The number of halogens is 4. The minimum atomic E-state index is -4.99. The molecule has 1 saturated heterocycles. The summed E-state index contributed by atoms with van der Waals surface area (Å²) in [7, 11) is -4.65. The predicted molar refractivity (Wildman–Crippen MR) is 113 cm³/mol. The minimum absolute atomic E-state index is 0.0474. The number of anilines is 1. The van der Waals surface area contributed by atoms with Crippen LogP contribution in [-0.2, 0) is 20.8 Å². The second-order valence-corrected chi connectivity index (χ2v) is 10.5. The Morgan fingerprint density at radius 1 is 0.970 bits per heavy atom. The van der Waals surface area contributed by atoms with E-state index in [2.05, 4.69) is 0 Å². The van der Waals surface area contributed by atoms with Crippen LogP contribution in [0.15, 0.2) is 52.3 Å². The van der Waals surface area contributed by atoms with E-state index in [1.807, 2.05) is 0 Å². The predicted octanol–water partition coefficient (Wildman–Crippen LogP) is 4.73. The second-order valence-electron chi connectivity index (χ2n) is 8.56. The molecule has 0 spiro atoms. The van der Waals surface area contributed by atoms with Gasteiger partial charge in [0, 0.05) is 26.2 Å². The first-order chi connectivity index (χ1) is 15.2. The molecule has 1 amide bonds. The molecule has 0 atom stereocenters. The van der Waals surface area contributed by atoms with Gasteiger partial charge in [-0.25, -0.2) is 17.6 Å². The number of piperazine rings is 1. The molecule has 3 rings (SSSR count). The van der Waals surface area contributed by atoms with Gasteiger partial charge in [-0.2, -0.15) is 13.2 Å². The van der Waals surface area contributed by atoms with Crippen LogP contribution >= 0.6 is 0 Å². The van der Waals surface area contributed by atoms with Crippen LogP contribution in [0.4, 0.5) is 28.0 Å². The van der Waals surface area contributed by atoms with E-state index in [0.29, 0.717) is 6.07 Å². The van der Waals surface area contributed by atoms with Crippen molar-refractivity contribution >= 4 is 21.6 Å². The van der Waals surface area contributed by atoms with E-state index < -0.39 is 48.9 Å². The van der Waals surface area contributed by atoms with Crippen LogP contribution in [0.5, 0.6) is 0 Å². The molecule has 2 aromatic rings. The standard InChI is InChI=1S/C22H24F4N2O4S/c1-21(2,3)32-20(29)28-12-10-27(11-13-28)17-8-5-9-18(19(17)22(24,25)26)33(30,31)16-7-4-6-15(23)14-16/h4-9,14H,10-13H2,1-3H3. The van der Waals surface area contributed by atoms with Crippen LogP contribution in [0.1, 0.15) is 26.3 Å². The van der Waals surface area contributed by atoms with Crippen molar-refractivity contribution in [3.63, 3.8) is 0 Å². The topological polar surface area (TPSA) is 66.9 Å². The third-order valence-corrected chi connectivity index (χ3v) is 6.75. The highest BCUT2D eigenvalue weighted by Gasteiger charge is 2.42. The molecule has 2 aromatic carbocycles. The number of benzene rings is 2. The Morgan fingerprint density at radius 2 is 1.58 bits per heavy atom. The molecular formula is C22H24F4N2O4S. The van der Waals surface area contributed by atoms with Gasteiger partial charge in [0.15, 0.2) is 0 Å². The Balaban J connectivity index is 1.96. The van der Waals surface area contributed by atoms with Gasteiger partial charge in [0.1, 0.15) is 11.4 Å². The highest BCUT2D eigenvalue weighted by molar-refractivity contribution is 7.91. The summed E-state index contributed by atoms with van der Waals surface area (Å²) >= 11 is 0. The third kappa shape index (κ3) is 5.58. The molecule has 0 radical (unpaired) electrons. The third-order valence-electron chi connectivity index (χ3n) is 4.96. The smallest absolute Gasteiger partial charge is 0.419 e. The van der Waals surface area contributed by atoms with Crippen LogP contribution in [-0.4, -0.2) is 51.2 Å². The van der Waals surface area contributed by atoms with Crippen molar-refractivity contribution in [3.05, 3.63) is 53.8 Å². The summed E-state index contributed by atoms with van der Waals surface area (Å²) in [5.74, 6) is -0.876. The maximum absolute atomic E-state index is 14.1. The van der Waals surface area contributed by atoms with Crippen molar-refractivity contribution < 1.29 is 35.5 Å². The van der Waals surface area contributed by atoms with Gasteiger partial charge in [0.05, 0.1) is 21.0 Å². The summed E-state index contributed by atoms with van der Waals surface area (Å²) in [6.07, 6.45) is -5.56. The van der Waals surface area contributed by atoms with E-state index in [4.69, 9.17) is 4.74 Å². The fraction of sp³-hybridized carbons (Fsp3) is 0.409. The van der Waals surface area contributed by atoms with Gasteiger partial charge < -0.3 is 14.5 Å². The largest absolute Gasteiger partial charge is 0.444 e. The van der Waals surface area contributed by atoms with E-state index >= 15 is 0 Å². The van der Waals surface area contributed by atoms with E-state index in [0.717, 1.165) is 24.3 Å². The second kappa shape index (κ2) is 8.85. The molecule has 0 N–H and O–H groups in total. The number of rotatable bonds is 3. The Labute approximate surface area is 189 Å². The molecular weight excluding hydrogens is 464 g/mol. The van der Waals surface area contributed by atoms with E-state index in [1.165, 1.54) is 21.9 Å². The highest BCUT2D eigenvalue weighted by Crippen LogP contribution is 2.42. The van der Waals surface area contributed by atoms with Gasteiger partial charge in [0.2, 0.25) is 9.84 Å². The van der Waals surface area contributed by atoms with Crippen LogP contribution in [0.3, 0.4) is 0 Å². The first-order valence-corrected chi connectivity index (χ1v) is 11.6. The molecule has 0 bridgehead atoms. The Hall–Kier alpha value is -2.82. The van der Waals surface area contributed by atoms with Crippen LogP contribution in [0, 0.1) is 5.82 Å². The lowest BCUT2D eigenvalue weighted by molar-refractivity contribution is -0.139.